The van der Waals surface area contributed by atoms with Crippen LogP contribution in [0.5, 0.6) is 0 Å². The minimum Gasteiger partial charge on any atom is -0.455 e. The number of nitrogens with zero attached hydrogens (tertiary/aromatic N) is 2. The first-order chi connectivity index (χ1) is 14.0. The van der Waals surface area contributed by atoms with Crippen LogP contribution in [0.3, 0.4) is 0 Å². The van der Waals surface area contributed by atoms with Crippen LogP contribution in [-0.2, 0) is 17.8 Å². The van der Waals surface area contributed by atoms with E-state index in [1.807, 2.05) is 6.07 Å². The molecule has 1 aliphatic heterocycles. The number of rotatable bonds is 9. The highest BCUT2D eigenvalue weighted by Gasteiger charge is 2.16. The molecule has 1 saturated heterocycles. The summed E-state index contributed by atoms with van der Waals surface area (Å²) >= 11 is 0. The lowest BCUT2D eigenvalue weighted by Gasteiger charge is -2.26. The molecule has 6 nitrogen and oxygen atoms in total. The van der Waals surface area contributed by atoms with E-state index >= 15 is 0 Å². The molecule has 0 unspecified atom stereocenters. The Balaban J connectivity index is 1.50. The Kier molecular flexibility index (Phi) is 7.86. The predicted molar refractivity (Wildman–Crippen MR) is 114 cm³/mol. The summed E-state index contributed by atoms with van der Waals surface area (Å²) in [5.41, 5.74) is 2.54. The van der Waals surface area contributed by atoms with Crippen molar-refractivity contribution in [2.24, 2.45) is 0 Å². The number of hydrogen-bond acceptors (Lipinski definition) is 5. The summed E-state index contributed by atoms with van der Waals surface area (Å²) in [4.78, 5) is 17.0. The van der Waals surface area contributed by atoms with E-state index in [-0.39, 0.29) is 5.91 Å². The van der Waals surface area contributed by atoms with E-state index < -0.39 is 0 Å². The minimum absolute atomic E-state index is 0.154. The van der Waals surface area contributed by atoms with Gasteiger partial charge in [0.25, 0.3) is 5.91 Å². The average Bonchev–Trinajstić information content (AvgIpc) is 3.18. The lowest BCUT2D eigenvalue weighted by molar-refractivity contribution is 0.0382. The van der Waals surface area contributed by atoms with Gasteiger partial charge in [-0.1, -0.05) is 29.8 Å². The van der Waals surface area contributed by atoms with Crippen LogP contribution in [0.4, 0.5) is 0 Å². The molecule has 1 aromatic carbocycles. The number of furan rings is 1. The largest absolute Gasteiger partial charge is 0.455 e. The molecule has 1 N–H and O–H groups in total. The summed E-state index contributed by atoms with van der Waals surface area (Å²) in [7, 11) is 0. The van der Waals surface area contributed by atoms with Crippen LogP contribution in [0.1, 0.15) is 41.3 Å². The summed E-state index contributed by atoms with van der Waals surface area (Å²) in [6.45, 7) is 12.8. The highest BCUT2D eigenvalue weighted by atomic mass is 16.5. The van der Waals surface area contributed by atoms with Gasteiger partial charge >= 0.3 is 0 Å². The summed E-state index contributed by atoms with van der Waals surface area (Å²) in [5, 5.41) is 2.95. The Labute approximate surface area is 173 Å². The molecule has 2 heterocycles. The second-order valence-electron chi connectivity index (χ2n) is 7.96. The van der Waals surface area contributed by atoms with Crippen molar-refractivity contribution in [3.05, 3.63) is 59.0 Å². The fourth-order valence-electron chi connectivity index (χ4n) is 3.37. The van der Waals surface area contributed by atoms with Crippen LogP contribution < -0.4 is 5.32 Å². The van der Waals surface area contributed by atoms with Crippen molar-refractivity contribution in [2.45, 2.75) is 39.9 Å². The summed E-state index contributed by atoms with van der Waals surface area (Å²) < 4.78 is 11.2. The first-order valence-corrected chi connectivity index (χ1v) is 10.5. The number of aryl methyl sites for hydroxylation is 1. The highest BCUT2D eigenvalue weighted by molar-refractivity contribution is 5.91. The fraction of sp³-hybridized carbons (Fsp3) is 0.522. The lowest BCUT2D eigenvalue weighted by Crippen LogP contribution is -2.41. The van der Waals surface area contributed by atoms with Gasteiger partial charge in [0, 0.05) is 38.8 Å². The third kappa shape index (κ3) is 6.70. The maximum atomic E-state index is 12.4. The van der Waals surface area contributed by atoms with Crippen LogP contribution in [0, 0.1) is 6.92 Å². The topological polar surface area (TPSA) is 58.0 Å². The van der Waals surface area contributed by atoms with Crippen molar-refractivity contribution >= 4 is 5.91 Å². The van der Waals surface area contributed by atoms with Gasteiger partial charge in [0.1, 0.15) is 5.76 Å². The molecule has 2 aromatic rings. The maximum Gasteiger partial charge on any atom is 0.287 e. The van der Waals surface area contributed by atoms with Gasteiger partial charge in [0.15, 0.2) is 5.76 Å². The van der Waals surface area contributed by atoms with Gasteiger partial charge < -0.3 is 14.5 Å². The van der Waals surface area contributed by atoms with Gasteiger partial charge in [-0.05, 0) is 38.5 Å². The number of carbonyl (C=O) groups is 1. The first kappa shape index (κ1) is 21.6. The van der Waals surface area contributed by atoms with Crippen LogP contribution in [0.15, 0.2) is 40.8 Å². The third-order valence-corrected chi connectivity index (χ3v) is 5.30. The van der Waals surface area contributed by atoms with Crippen molar-refractivity contribution in [1.29, 1.82) is 0 Å². The van der Waals surface area contributed by atoms with Gasteiger partial charge in [-0.2, -0.15) is 0 Å². The number of amides is 1. The molecular formula is C23H33N3O3. The van der Waals surface area contributed by atoms with Gasteiger partial charge in [-0.15, -0.1) is 0 Å². The van der Waals surface area contributed by atoms with E-state index in [1.165, 1.54) is 11.1 Å². The van der Waals surface area contributed by atoms with E-state index in [4.69, 9.17) is 9.15 Å². The van der Waals surface area contributed by atoms with Crippen molar-refractivity contribution < 1.29 is 13.9 Å². The van der Waals surface area contributed by atoms with Crippen LogP contribution in [-0.4, -0.2) is 61.1 Å². The molecule has 6 heteroatoms. The van der Waals surface area contributed by atoms with Crippen LogP contribution in [0.2, 0.25) is 0 Å². The van der Waals surface area contributed by atoms with Crippen molar-refractivity contribution in [3.63, 3.8) is 0 Å². The molecule has 158 valence electrons. The molecule has 0 bridgehead atoms. The molecule has 1 amide bonds. The maximum absolute atomic E-state index is 12.4. The molecule has 3 rings (SSSR count). The number of hydrogen-bond donors (Lipinski definition) is 1. The standard InChI is InChI=1S/C23H33N3O3/c1-18(2)26(16-20-6-4-19(3)5-7-20)17-21-8-9-22(29-21)23(27)24-10-11-25-12-14-28-15-13-25/h4-9,18H,10-17H2,1-3H3,(H,24,27). The van der Waals surface area contributed by atoms with Crippen LogP contribution in [0.25, 0.3) is 0 Å². The zero-order valence-electron chi connectivity index (χ0n) is 17.8. The molecule has 0 atom stereocenters. The number of nitrogens with one attached hydrogen (secondary N) is 1. The van der Waals surface area contributed by atoms with Crippen molar-refractivity contribution in [3.8, 4) is 0 Å². The summed E-state index contributed by atoms with van der Waals surface area (Å²) in [6, 6.07) is 12.7. The molecule has 0 radical (unpaired) electrons. The monoisotopic (exact) mass is 399 g/mol. The molecule has 1 fully saturated rings. The Morgan fingerprint density at radius 3 is 2.52 bits per heavy atom. The molecule has 1 aromatic heterocycles. The number of ether oxygens (including phenoxy) is 1. The van der Waals surface area contributed by atoms with E-state index in [1.54, 1.807) is 6.07 Å². The first-order valence-electron chi connectivity index (χ1n) is 10.5. The van der Waals surface area contributed by atoms with Crippen molar-refractivity contribution in [2.75, 3.05) is 39.4 Å². The predicted octanol–water partition coefficient (Wildman–Crippen LogP) is 3.06. The van der Waals surface area contributed by atoms with Gasteiger partial charge in [0.05, 0.1) is 19.8 Å². The minimum atomic E-state index is -0.154. The molecule has 1 aliphatic rings. The van der Waals surface area contributed by atoms with E-state index in [0.29, 0.717) is 24.9 Å². The van der Waals surface area contributed by atoms with Gasteiger partial charge in [-0.3, -0.25) is 14.6 Å². The molecule has 0 spiro atoms. The summed E-state index contributed by atoms with van der Waals surface area (Å²) in [6.07, 6.45) is 0. The molecule has 29 heavy (non-hydrogen) atoms. The second-order valence-corrected chi connectivity index (χ2v) is 7.96. The molecule has 0 saturated carbocycles. The molecule has 0 aliphatic carbocycles. The lowest BCUT2D eigenvalue weighted by atomic mass is 10.1. The molecular weight excluding hydrogens is 366 g/mol. The Hall–Kier alpha value is -2.15. The van der Waals surface area contributed by atoms with E-state index in [0.717, 1.165) is 45.2 Å². The van der Waals surface area contributed by atoms with Gasteiger partial charge in [0.2, 0.25) is 0 Å². The fourth-order valence-corrected chi connectivity index (χ4v) is 3.37. The number of benzene rings is 1. The van der Waals surface area contributed by atoms with E-state index in [9.17, 15) is 4.79 Å². The number of morpholine rings is 1. The van der Waals surface area contributed by atoms with Crippen molar-refractivity contribution in [1.82, 2.24) is 15.1 Å². The SMILES string of the molecule is Cc1ccc(CN(Cc2ccc(C(=O)NCCN3CCOCC3)o2)C(C)C)cc1. The normalized spacial score (nSPS) is 15.2. The Morgan fingerprint density at radius 1 is 1.10 bits per heavy atom. The van der Waals surface area contributed by atoms with E-state index in [2.05, 4.69) is 60.2 Å². The second kappa shape index (κ2) is 10.6. The zero-order valence-corrected chi connectivity index (χ0v) is 17.8. The number of carbonyl (C=O) groups excluding carboxylic acids is 1. The summed E-state index contributed by atoms with van der Waals surface area (Å²) in [5.74, 6) is 1.03. The van der Waals surface area contributed by atoms with Gasteiger partial charge in [-0.25, -0.2) is 0 Å². The Bertz CT molecular complexity index is 764. The zero-order chi connectivity index (χ0) is 20.6. The third-order valence-electron chi connectivity index (χ3n) is 5.30. The highest BCUT2D eigenvalue weighted by Crippen LogP contribution is 2.16. The average molecular weight is 400 g/mol. The smallest absolute Gasteiger partial charge is 0.287 e. The van der Waals surface area contributed by atoms with Crippen LogP contribution >= 0.6 is 0 Å². The quantitative estimate of drug-likeness (QED) is 0.702. The Morgan fingerprint density at radius 2 is 1.83 bits per heavy atom.